The third-order valence-corrected chi connectivity index (χ3v) is 4.77. The van der Waals surface area contributed by atoms with Crippen LogP contribution in [0.25, 0.3) is 0 Å². The van der Waals surface area contributed by atoms with Crippen molar-refractivity contribution in [3.63, 3.8) is 0 Å². The SMILES string of the molecule is CCC(C)(C)c1cc(Cl)c(OCC2CC2)c(CC(C)N)c1.Cl. The van der Waals surface area contributed by atoms with Crippen molar-refractivity contribution in [1.29, 1.82) is 0 Å². The number of rotatable bonds is 7. The van der Waals surface area contributed by atoms with Gasteiger partial charge in [0.15, 0.2) is 0 Å². The summed E-state index contributed by atoms with van der Waals surface area (Å²) in [6, 6.07) is 4.41. The van der Waals surface area contributed by atoms with E-state index in [-0.39, 0.29) is 23.9 Å². The number of ether oxygens (including phenoxy) is 1. The van der Waals surface area contributed by atoms with Crippen molar-refractivity contribution in [3.05, 3.63) is 28.3 Å². The molecule has 0 radical (unpaired) electrons. The summed E-state index contributed by atoms with van der Waals surface area (Å²) in [5.74, 6) is 1.56. The first-order valence-electron chi connectivity index (χ1n) is 8.04. The number of hydrogen-bond acceptors (Lipinski definition) is 2. The molecule has 1 aromatic carbocycles. The van der Waals surface area contributed by atoms with Crippen LogP contribution in [0.4, 0.5) is 0 Å². The largest absolute Gasteiger partial charge is 0.491 e. The molecule has 0 aliphatic heterocycles. The molecular formula is C18H29Cl2NO. The third-order valence-electron chi connectivity index (χ3n) is 4.49. The summed E-state index contributed by atoms with van der Waals surface area (Å²) in [7, 11) is 0. The molecule has 0 heterocycles. The normalized spacial score (nSPS) is 16.1. The van der Waals surface area contributed by atoms with Gasteiger partial charge in [-0.15, -0.1) is 12.4 Å². The molecule has 0 bridgehead atoms. The molecule has 0 amide bonds. The van der Waals surface area contributed by atoms with Gasteiger partial charge in [0.05, 0.1) is 11.6 Å². The van der Waals surface area contributed by atoms with E-state index >= 15 is 0 Å². The van der Waals surface area contributed by atoms with Crippen molar-refractivity contribution in [3.8, 4) is 5.75 Å². The molecule has 2 nitrogen and oxygen atoms in total. The molecule has 1 fully saturated rings. The Morgan fingerprint density at radius 1 is 1.36 bits per heavy atom. The van der Waals surface area contributed by atoms with Crippen LogP contribution in [0, 0.1) is 5.92 Å². The molecule has 0 aromatic heterocycles. The molecule has 1 aromatic rings. The first-order chi connectivity index (χ1) is 9.83. The molecule has 126 valence electrons. The lowest BCUT2D eigenvalue weighted by atomic mass is 9.81. The molecule has 1 saturated carbocycles. The van der Waals surface area contributed by atoms with E-state index in [1.807, 2.05) is 6.92 Å². The second kappa shape index (κ2) is 7.90. The second-order valence-corrected chi connectivity index (χ2v) is 7.53. The first kappa shape index (κ1) is 19.6. The van der Waals surface area contributed by atoms with Crippen molar-refractivity contribution < 1.29 is 4.74 Å². The summed E-state index contributed by atoms with van der Waals surface area (Å²) >= 11 is 6.52. The standard InChI is InChI=1S/C18H28ClNO.ClH/c1-5-18(3,4)15-9-14(8-12(2)20)17(16(19)10-15)21-11-13-6-7-13;/h9-10,12-13H,5-8,11,20H2,1-4H3;1H. The Kier molecular flexibility index (Phi) is 7.04. The Balaban J connectivity index is 0.00000242. The van der Waals surface area contributed by atoms with Gasteiger partial charge in [0.2, 0.25) is 0 Å². The summed E-state index contributed by atoms with van der Waals surface area (Å²) in [5, 5.41) is 0.727. The molecule has 0 spiro atoms. The van der Waals surface area contributed by atoms with Gasteiger partial charge in [-0.3, -0.25) is 0 Å². The van der Waals surface area contributed by atoms with E-state index in [1.165, 1.54) is 18.4 Å². The van der Waals surface area contributed by atoms with E-state index in [9.17, 15) is 0 Å². The Morgan fingerprint density at radius 2 is 2.00 bits per heavy atom. The maximum Gasteiger partial charge on any atom is 0.141 e. The predicted molar refractivity (Wildman–Crippen MR) is 97.6 cm³/mol. The van der Waals surface area contributed by atoms with Crippen molar-refractivity contribution in [2.75, 3.05) is 6.61 Å². The van der Waals surface area contributed by atoms with Gasteiger partial charge in [0, 0.05) is 6.04 Å². The van der Waals surface area contributed by atoms with Gasteiger partial charge >= 0.3 is 0 Å². The average molecular weight is 346 g/mol. The molecule has 1 unspecified atom stereocenters. The zero-order valence-corrected chi connectivity index (χ0v) is 15.7. The lowest BCUT2D eigenvalue weighted by Crippen LogP contribution is -2.21. The maximum absolute atomic E-state index is 6.52. The monoisotopic (exact) mass is 345 g/mol. The fourth-order valence-corrected chi connectivity index (χ4v) is 2.68. The lowest BCUT2D eigenvalue weighted by molar-refractivity contribution is 0.296. The van der Waals surface area contributed by atoms with Crippen LogP contribution < -0.4 is 10.5 Å². The van der Waals surface area contributed by atoms with Gasteiger partial charge < -0.3 is 10.5 Å². The molecule has 1 aliphatic carbocycles. The van der Waals surface area contributed by atoms with Crippen LogP contribution in [0.15, 0.2) is 12.1 Å². The molecule has 0 saturated heterocycles. The minimum absolute atomic E-state index is 0. The molecule has 1 aliphatic rings. The quantitative estimate of drug-likeness (QED) is 0.743. The van der Waals surface area contributed by atoms with Crippen LogP contribution in [-0.2, 0) is 11.8 Å². The first-order valence-corrected chi connectivity index (χ1v) is 8.42. The molecular weight excluding hydrogens is 317 g/mol. The molecule has 4 heteroatoms. The van der Waals surface area contributed by atoms with E-state index in [0.29, 0.717) is 0 Å². The van der Waals surface area contributed by atoms with Crippen LogP contribution >= 0.6 is 24.0 Å². The van der Waals surface area contributed by atoms with E-state index in [0.717, 1.165) is 41.7 Å². The van der Waals surface area contributed by atoms with Crippen LogP contribution in [0.3, 0.4) is 0 Å². The minimum atomic E-state index is 0. The van der Waals surface area contributed by atoms with Crippen LogP contribution in [0.2, 0.25) is 5.02 Å². The lowest BCUT2D eigenvalue weighted by Gasteiger charge is -2.26. The van der Waals surface area contributed by atoms with Crippen molar-refractivity contribution >= 4 is 24.0 Å². The number of nitrogens with two attached hydrogens (primary N) is 1. The highest BCUT2D eigenvalue weighted by atomic mass is 35.5. The highest BCUT2D eigenvalue weighted by Gasteiger charge is 2.25. The predicted octanol–water partition coefficient (Wildman–Crippen LogP) is 5.13. The zero-order chi connectivity index (χ0) is 15.6. The fourth-order valence-electron chi connectivity index (χ4n) is 2.39. The maximum atomic E-state index is 6.52. The smallest absolute Gasteiger partial charge is 0.141 e. The Morgan fingerprint density at radius 3 is 2.50 bits per heavy atom. The number of benzene rings is 1. The van der Waals surface area contributed by atoms with Crippen LogP contribution in [0.1, 0.15) is 58.1 Å². The average Bonchev–Trinajstić information content (AvgIpc) is 3.20. The highest BCUT2D eigenvalue weighted by Crippen LogP contribution is 2.38. The Bertz CT molecular complexity index is 496. The zero-order valence-electron chi connectivity index (χ0n) is 14.1. The molecule has 1 atom stereocenters. The Hall–Kier alpha value is -0.440. The minimum Gasteiger partial charge on any atom is -0.491 e. The van der Waals surface area contributed by atoms with Gasteiger partial charge in [-0.05, 0) is 61.1 Å². The number of halogens is 2. The Labute approximate surface area is 146 Å². The summed E-state index contributed by atoms with van der Waals surface area (Å²) in [6.45, 7) is 9.51. The van der Waals surface area contributed by atoms with E-state index in [4.69, 9.17) is 22.1 Å². The van der Waals surface area contributed by atoms with Crippen LogP contribution in [0.5, 0.6) is 5.75 Å². The number of hydrogen-bond donors (Lipinski definition) is 1. The van der Waals surface area contributed by atoms with Crippen molar-refractivity contribution in [2.24, 2.45) is 11.7 Å². The topological polar surface area (TPSA) is 35.2 Å². The van der Waals surface area contributed by atoms with E-state index in [1.54, 1.807) is 0 Å². The van der Waals surface area contributed by atoms with E-state index < -0.39 is 0 Å². The van der Waals surface area contributed by atoms with Gasteiger partial charge in [-0.1, -0.05) is 38.4 Å². The van der Waals surface area contributed by atoms with Gasteiger partial charge in [-0.2, -0.15) is 0 Å². The fraction of sp³-hybridized carbons (Fsp3) is 0.667. The molecule has 2 N–H and O–H groups in total. The van der Waals surface area contributed by atoms with Gasteiger partial charge in [-0.25, -0.2) is 0 Å². The van der Waals surface area contributed by atoms with E-state index in [2.05, 4.69) is 32.9 Å². The molecule has 22 heavy (non-hydrogen) atoms. The summed E-state index contributed by atoms with van der Waals surface area (Å²) in [4.78, 5) is 0. The summed E-state index contributed by atoms with van der Waals surface area (Å²) in [6.07, 6.45) is 4.43. The summed E-state index contributed by atoms with van der Waals surface area (Å²) in [5.41, 5.74) is 8.54. The third kappa shape index (κ3) is 5.04. The van der Waals surface area contributed by atoms with Gasteiger partial charge in [0.25, 0.3) is 0 Å². The van der Waals surface area contributed by atoms with Gasteiger partial charge in [0.1, 0.15) is 5.75 Å². The summed E-state index contributed by atoms with van der Waals surface area (Å²) < 4.78 is 6.01. The second-order valence-electron chi connectivity index (χ2n) is 7.12. The highest BCUT2D eigenvalue weighted by molar-refractivity contribution is 6.32. The van der Waals surface area contributed by atoms with Crippen molar-refractivity contribution in [2.45, 2.75) is 64.8 Å². The van der Waals surface area contributed by atoms with Crippen LogP contribution in [-0.4, -0.2) is 12.6 Å². The molecule has 2 rings (SSSR count). The van der Waals surface area contributed by atoms with Crippen molar-refractivity contribution in [1.82, 2.24) is 0 Å².